The molecule has 5 amide bonds. The Morgan fingerprint density at radius 2 is 1.63 bits per heavy atom. The van der Waals surface area contributed by atoms with Gasteiger partial charge in [-0.2, -0.15) is 5.10 Å². The number of para-hydroxylation sites is 1. The molecular weight excluding hydrogens is 1240 g/mol. The van der Waals surface area contributed by atoms with Gasteiger partial charge in [0.25, 0.3) is 17.7 Å². The summed E-state index contributed by atoms with van der Waals surface area (Å²) in [4.78, 5) is 104. The minimum Gasteiger partial charge on any atom is -0.491 e. The minimum absolute atomic E-state index is 0.0189. The van der Waals surface area contributed by atoms with Crippen LogP contribution >= 0.6 is 11.3 Å². The number of aliphatic carboxylic acids is 1. The molecule has 4 aromatic heterocycles. The highest BCUT2D eigenvalue weighted by molar-refractivity contribution is 7.22. The van der Waals surface area contributed by atoms with Crippen LogP contribution in [0.2, 0.25) is 0 Å². The van der Waals surface area contributed by atoms with Gasteiger partial charge in [0, 0.05) is 79.7 Å². The largest absolute Gasteiger partial charge is 0.491 e. The van der Waals surface area contributed by atoms with Gasteiger partial charge in [0.15, 0.2) is 16.5 Å². The van der Waals surface area contributed by atoms with E-state index in [4.69, 9.17) is 33.8 Å². The Hall–Kier alpha value is -8.87. The molecule has 5 unspecified atom stereocenters. The Morgan fingerprint density at radius 1 is 0.830 bits per heavy atom. The number of fused-ring (bicyclic) bond motifs is 4. The minimum atomic E-state index is -1.79. The third-order valence-electron chi connectivity index (χ3n) is 19.3. The third kappa shape index (κ3) is 13.7. The van der Waals surface area contributed by atoms with Crippen LogP contribution in [0, 0.1) is 35.0 Å². The molecule has 12 rings (SSSR count). The van der Waals surface area contributed by atoms with Gasteiger partial charge in [-0.05, 0) is 104 Å². The molecule has 29 heteroatoms. The fourth-order valence-electron chi connectivity index (χ4n) is 15.3. The number of carbonyl (C=O) groups is 7. The summed E-state index contributed by atoms with van der Waals surface area (Å²) in [5.41, 5.74) is 3.77. The number of alkyl carbamates (subject to hydrolysis) is 1. The number of nitrogens with zero attached hydrogens (tertiary/aromatic N) is 8. The number of carbonyl (C=O) groups excluding carboxylic acids is 5. The number of hydrogen-bond acceptors (Lipinski definition) is 21. The number of nitrogens with one attached hydrogen (secondary N) is 3. The summed E-state index contributed by atoms with van der Waals surface area (Å²) >= 11 is 1.38. The van der Waals surface area contributed by atoms with E-state index >= 15 is 0 Å². The average Bonchev–Trinajstić information content (AvgIpc) is 0.783. The lowest BCUT2D eigenvalue weighted by molar-refractivity contribution is -0.199. The first-order valence-corrected chi connectivity index (χ1v) is 32.2. The first-order chi connectivity index (χ1) is 45.0. The molecule has 2 aliphatic heterocycles. The molecule has 6 heterocycles. The van der Waals surface area contributed by atoms with Gasteiger partial charge in [0.2, 0.25) is 5.91 Å². The quantitative estimate of drug-likeness (QED) is 0.0284. The van der Waals surface area contributed by atoms with E-state index in [0.717, 1.165) is 71.5 Å². The number of aliphatic hydroxyl groups excluding tert-OH is 3. The van der Waals surface area contributed by atoms with Gasteiger partial charge in [0.1, 0.15) is 55.4 Å². The lowest BCUT2D eigenvalue weighted by atomic mass is 9.41. The van der Waals surface area contributed by atoms with Crippen molar-refractivity contribution in [3.8, 4) is 22.6 Å². The van der Waals surface area contributed by atoms with Gasteiger partial charge in [-0.3, -0.25) is 38.9 Å². The van der Waals surface area contributed by atoms with Crippen LogP contribution in [0.5, 0.6) is 11.5 Å². The van der Waals surface area contributed by atoms with Crippen molar-refractivity contribution < 1.29 is 82.8 Å². The van der Waals surface area contributed by atoms with Crippen LogP contribution in [-0.4, -0.2) is 185 Å². The highest BCUT2D eigenvalue weighted by Crippen LogP contribution is 2.69. The molecule has 3 bridgehead atoms. The molecule has 498 valence electrons. The van der Waals surface area contributed by atoms with Crippen LogP contribution in [-0.2, 0) is 59.6 Å². The summed E-state index contributed by atoms with van der Waals surface area (Å²) in [6.45, 7) is 8.32. The number of ether oxygens (including phenoxy) is 5. The molecule has 10 atom stereocenters. The number of hydrogen-bond donors (Lipinski definition) is 8. The lowest BCUT2D eigenvalue weighted by Gasteiger charge is -2.66. The second-order valence-corrected chi connectivity index (χ2v) is 27.0. The summed E-state index contributed by atoms with van der Waals surface area (Å²) in [5.74, 6) is -5.06. The summed E-state index contributed by atoms with van der Waals surface area (Å²) in [6.07, 6.45) is 3.78. The van der Waals surface area contributed by atoms with E-state index in [9.17, 15) is 59.1 Å². The number of benzene rings is 2. The number of amides is 5. The van der Waals surface area contributed by atoms with Gasteiger partial charge in [0.05, 0.1) is 72.9 Å². The van der Waals surface area contributed by atoms with Crippen LogP contribution in [0.1, 0.15) is 96.7 Å². The van der Waals surface area contributed by atoms with Crippen molar-refractivity contribution in [1.82, 2.24) is 44.8 Å². The summed E-state index contributed by atoms with van der Waals surface area (Å²) < 4.78 is 34.9. The number of pyridine rings is 1. The van der Waals surface area contributed by atoms with E-state index in [2.05, 4.69) is 39.8 Å². The van der Waals surface area contributed by atoms with E-state index in [1.807, 2.05) is 51.4 Å². The Balaban J connectivity index is 0.662. The first kappa shape index (κ1) is 65.2. The monoisotopic (exact) mass is 1310 g/mol. The summed E-state index contributed by atoms with van der Waals surface area (Å²) in [5, 5.41) is 65.6. The maximum absolute atomic E-state index is 13.6. The lowest BCUT2D eigenvalue weighted by Crippen LogP contribution is -2.60. The molecule has 0 spiro atoms. The second-order valence-electron chi connectivity index (χ2n) is 26.0. The van der Waals surface area contributed by atoms with E-state index in [1.165, 1.54) is 23.5 Å². The Kier molecular flexibility index (Phi) is 18.6. The van der Waals surface area contributed by atoms with Crippen molar-refractivity contribution in [2.24, 2.45) is 28.1 Å². The molecule has 94 heavy (non-hydrogen) atoms. The molecule has 0 radical (unpaired) electrons. The maximum Gasteiger partial charge on any atom is 0.407 e. The molecule has 4 fully saturated rings. The topological polar surface area (TPSA) is 371 Å². The second kappa shape index (κ2) is 26.9. The molecule has 6 aliphatic rings. The Bertz CT molecular complexity index is 3890. The number of anilines is 2. The smallest absolute Gasteiger partial charge is 0.407 e. The van der Waals surface area contributed by atoms with E-state index in [-0.39, 0.29) is 116 Å². The Labute approximate surface area is 543 Å². The number of thiazole rings is 1. The molecule has 8 N–H and O–H groups in total. The summed E-state index contributed by atoms with van der Waals surface area (Å²) in [7, 11) is 0. The van der Waals surface area contributed by atoms with Gasteiger partial charge in [-0.15, -0.1) is 0 Å². The van der Waals surface area contributed by atoms with Gasteiger partial charge in [-0.1, -0.05) is 37.3 Å². The zero-order valence-electron chi connectivity index (χ0n) is 52.1. The zero-order valence-corrected chi connectivity index (χ0v) is 52.9. The molecule has 0 saturated heterocycles. The fourth-order valence-corrected chi connectivity index (χ4v) is 16.2. The predicted molar refractivity (Wildman–Crippen MR) is 336 cm³/mol. The van der Waals surface area contributed by atoms with E-state index in [1.54, 1.807) is 24.7 Å². The molecule has 28 nitrogen and oxygen atoms in total. The fraction of sp³-hybridized carbons (Fsp3) is 0.492. The maximum atomic E-state index is 13.6. The predicted octanol–water partition coefficient (Wildman–Crippen LogP) is 4.71. The highest BCUT2D eigenvalue weighted by atomic mass is 32.1. The Morgan fingerprint density at radius 3 is 2.41 bits per heavy atom. The standard InChI is InChI=1S/C65H75N11O17S/c1-36-41(39-10-11-49(71-53(39)60(86)87)73-18-19-74-35-68-54(44(74)28-73)58(83)72-61-70-43-6-4-5-7-48(43)94-61)27-69-76(36)34-65-26-47(42-14-15-63(2,32-65)31-64(42,3)33-65)90-21-17-67-62(88)92-30-37-8-9-38(93-46-25-40(59(84)85)55(80)57(82)56(46)81)24-45(37)91-23-22-89-20-16-66-50(77)29-75-51(78)12-13-52(75)79/h4-13,24,27,35,40,42,46-47,55-57,80-82H,14-23,25-26,28-34H2,1-3H3,(H,66,77)(H,67,88)(H,84,85)(H,86,87)(H,70,72,83)/t40-,42?,46+,47?,55+,56-,57-,63?,64?,65?/m0/s1. The number of aromatic nitrogens is 6. The van der Waals surface area contributed by atoms with E-state index < -0.39 is 72.6 Å². The summed E-state index contributed by atoms with van der Waals surface area (Å²) in [6, 6.07) is 15.7. The number of carboxylic acid groups (broad SMARTS) is 2. The van der Waals surface area contributed by atoms with Crippen molar-refractivity contribution in [1.29, 1.82) is 0 Å². The third-order valence-corrected chi connectivity index (χ3v) is 20.3. The SMILES string of the molecule is Cc1c(-c2ccc(N3CCn4cnc(C(=O)Nc5nc6ccccc6s5)c4C3)nc2C(=O)O)cnn1CC12CC(OCCNC(=O)OCc3ccc(O[C@@H]4C[C@H](C(=O)O)[C@@H](O)[C@H](O)[C@H]4O)cc3OCCOCCNC(=O)CN3C(=O)C=CC3=O)C3CCC(C)(C1)CC3(C)C2. The van der Waals surface area contributed by atoms with Crippen molar-refractivity contribution in [2.45, 2.75) is 122 Å². The highest BCUT2D eigenvalue weighted by Gasteiger charge is 2.62. The normalized spacial score (nSPS) is 26.1. The number of imide groups is 1. The average molecular weight is 1310 g/mol. The van der Waals surface area contributed by atoms with Gasteiger partial charge >= 0.3 is 18.0 Å². The number of aromatic carboxylic acids is 1. The molecule has 2 aromatic carbocycles. The van der Waals surface area contributed by atoms with Crippen LogP contribution in [0.25, 0.3) is 21.3 Å². The number of carboxylic acids is 2. The van der Waals surface area contributed by atoms with Crippen LogP contribution in [0.4, 0.5) is 15.7 Å². The number of rotatable bonds is 25. The van der Waals surface area contributed by atoms with Gasteiger partial charge < -0.3 is 69.3 Å². The van der Waals surface area contributed by atoms with Crippen molar-refractivity contribution in [2.75, 3.05) is 62.8 Å². The van der Waals surface area contributed by atoms with Crippen molar-refractivity contribution in [3.63, 3.8) is 0 Å². The molecule has 6 aromatic rings. The van der Waals surface area contributed by atoms with Crippen LogP contribution in [0.15, 0.2) is 79.3 Å². The van der Waals surface area contributed by atoms with Crippen molar-refractivity contribution >= 4 is 74.2 Å². The first-order valence-electron chi connectivity index (χ1n) is 31.4. The van der Waals surface area contributed by atoms with Crippen molar-refractivity contribution in [3.05, 3.63) is 108 Å². The molecule has 4 saturated carbocycles. The van der Waals surface area contributed by atoms with Crippen LogP contribution in [0.3, 0.4) is 0 Å². The number of aliphatic hydroxyl groups is 3. The van der Waals surface area contributed by atoms with E-state index in [0.29, 0.717) is 53.0 Å². The molecule has 4 aliphatic carbocycles. The molecular formula is C65H75N11O17S. The van der Waals surface area contributed by atoms with Gasteiger partial charge in [-0.25, -0.2) is 24.5 Å². The zero-order chi connectivity index (χ0) is 66.2. The number of imidazole rings is 1. The van der Waals surface area contributed by atoms with Crippen LogP contribution < -0.4 is 30.3 Å².